The van der Waals surface area contributed by atoms with Gasteiger partial charge in [0.25, 0.3) is 0 Å². The monoisotopic (exact) mass is 447 g/mol. The summed E-state index contributed by atoms with van der Waals surface area (Å²) in [5.74, 6) is 0.893. The third-order valence-electron chi connectivity index (χ3n) is 5.15. The largest absolute Gasteiger partial charge is 0.497 e. The third kappa shape index (κ3) is 6.11. The van der Waals surface area contributed by atoms with E-state index in [9.17, 15) is 13.2 Å². The van der Waals surface area contributed by atoms with Gasteiger partial charge in [0, 0.05) is 42.7 Å². The highest BCUT2D eigenvalue weighted by Gasteiger charge is 2.24. The molecule has 0 radical (unpaired) electrons. The van der Waals surface area contributed by atoms with Gasteiger partial charge in [-0.25, -0.2) is 8.42 Å². The number of benzene rings is 2. The van der Waals surface area contributed by atoms with E-state index >= 15 is 0 Å². The summed E-state index contributed by atoms with van der Waals surface area (Å²) in [6.45, 7) is 1.16. The van der Waals surface area contributed by atoms with Gasteiger partial charge in [-0.2, -0.15) is 4.31 Å². The van der Waals surface area contributed by atoms with Gasteiger partial charge in [0.2, 0.25) is 15.9 Å². The zero-order chi connectivity index (χ0) is 22.3. The summed E-state index contributed by atoms with van der Waals surface area (Å²) in [6, 6.07) is 11.6. The highest BCUT2D eigenvalue weighted by Crippen LogP contribution is 2.26. The molecule has 1 fully saturated rings. The Morgan fingerprint density at radius 3 is 2.03 bits per heavy atom. The average molecular weight is 448 g/mol. The molecule has 1 amide bonds. The fourth-order valence-corrected chi connectivity index (χ4v) is 4.96. The summed E-state index contributed by atoms with van der Waals surface area (Å²) in [6.07, 6.45) is 3.93. The van der Waals surface area contributed by atoms with Gasteiger partial charge in [-0.05, 0) is 37.1 Å². The molecule has 1 heterocycles. The van der Waals surface area contributed by atoms with E-state index in [1.807, 2.05) is 0 Å². The van der Waals surface area contributed by atoms with Crippen LogP contribution in [0.2, 0.25) is 0 Å². The molecule has 9 heteroatoms. The van der Waals surface area contributed by atoms with Gasteiger partial charge in [0.15, 0.2) is 0 Å². The van der Waals surface area contributed by atoms with E-state index in [2.05, 4.69) is 10.6 Å². The lowest BCUT2D eigenvalue weighted by Gasteiger charge is -2.20. The van der Waals surface area contributed by atoms with Crippen molar-refractivity contribution in [3.05, 3.63) is 42.5 Å². The molecule has 2 aromatic carbocycles. The smallest absolute Gasteiger partial charge is 0.243 e. The molecule has 31 heavy (non-hydrogen) atoms. The zero-order valence-corrected chi connectivity index (χ0v) is 18.7. The molecule has 0 atom stereocenters. The maximum atomic E-state index is 12.8. The van der Waals surface area contributed by atoms with Crippen molar-refractivity contribution in [3.63, 3.8) is 0 Å². The Balaban J connectivity index is 1.58. The van der Waals surface area contributed by atoms with Gasteiger partial charge in [-0.3, -0.25) is 4.79 Å². The second-order valence-electron chi connectivity index (χ2n) is 7.35. The molecule has 0 spiro atoms. The van der Waals surface area contributed by atoms with Crippen LogP contribution in [0.3, 0.4) is 0 Å². The molecule has 0 aliphatic carbocycles. The number of sulfonamides is 1. The number of anilines is 2. The number of nitrogens with zero attached hydrogens (tertiary/aromatic N) is 1. The summed E-state index contributed by atoms with van der Waals surface area (Å²) in [5, 5.41) is 5.79. The molecule has 0 unspecified atom stereocenters. The van der Waals surface area contributed by atoms with Crippen molar-refractivity contribution in [2.24, 2.45) is 0 Å². The van der Waals surface area contributed by atoms with Gasteiger partial charge in [-0.15, -0.1) is 0 Å². The summed E-state index contributed by atoms with van der Waals surface area (Å²) < 4.78 is 37.7. The summed E-state index contributed by atoms with van der Waals surface area (Å²) in [5.41, 5.74) is 1.22. The Hall–Kier alpha value is -2.78. The van der Waals surface area contributed by atoms with E-state index in [0.717, 1.165) is 25.7 Å². The van der Waals surface area contributed by atoms with Crippen molar-refractivity contribution < 1.29 is 22.7 Å². The van der Waals surface area contributed by atoms with Crippen molar-refractivity contribution in [3.8, 4) is 11.5 Å². The number of carbonyl (C=O) groups excluding carboxylic acids is 1. The summed E-state index contributed by atoms with van der Waals surface area (Å²) in [7, 11) is -0.404. The zero-order valence-electron chi connectivity index (χ0n) is 17.9. The Kier molecular flexibility index (Phi) is 7.75. The second-order valence-corrected chi connectivity index (χ2v) is 9.28. The Morgan fingerprint density at radius 1 is 0.903 bits per heavy atom. The molecular weight excluding hydrogens is 418 g/mol. The number of hydrogen-bond donors (Lipinski definition) is 2. The van der Waals surface area contributed by atoms with E-state index in [1.54, 1.807) is 61.0 Å². The standard InChI is InChI=1S/C22H29N3O5S/c1-29-19-13-18(14-20(15-19)30-2)24-22(26)16-23-17-7-9-21(10-8-17)31(27,28)25-11-5-3-4-6-12-25/h7-10,13-15,23H,3-6,11-12,16H2,1-2H3,(H,24,26). The fourth-order valence-electron chi connectivity index (χ4n) is 3.44. The van der Waals surface area contributed by atoms with E-state index < -0.39 is 10.0 Å². The maximum absolute atomic E-state index is 12.8. The number of amides is 1. The predicted octanol–water partition coefficient (Wildman–Crippen LogP) is 3.32. The van der Waals surface area contributed by atoms with Crippen molar-refractivity contribution >= 4 is 27.3 Å². The molecule has 1 aliphatic heterocycles. The first-order chi connectivity index (χ1) is 14.9. The first kappa shape index (κ1) is 22.9. The molecule has 8 nitrogen and oxygen atoms in total. The minimum Gasteiger partial charge on any atom is -0.497 e. The molecule has 3 rings (SSSR count). The van der Waals surface area contributed by atoms with Gasteiger partial charge >= 0.3 is 0 Å². The minimum atomic E-state index is -3.48. The average Bonchev–Trinajstić information content (AvgIpc) is 3.08. The van der Waals surface area contributed by atoms with Crippen LogP contribution in [0, 0.1) is 0 Å². The first-order valence-electron chi connectivity index (χ1n) is 10.3. The van der Waals surface area contributed by atoms with Crippen molar-refractivity contribution in [1.82, 2.24) is 4.31 Å². The molecule has 0 saturated carbocycles. The van der Waals surface area contributed by atoms with Gasteiger partial charge in [0.05, 0.1) is 25.7 Å². The molecular formula is C22H29N3O5S. The van der Waals surface area contributed by atoms with Crippen molar-refractivity contribution in [2.75, 3.05) is 44.5 Å². The van der Waals surface area contributed by atoms with Crippen LogP contribution in [-0.4, -0.2) is 52.5 Å². The number of carbonyl (C=O) groups is 1. The fraction of sp³-hybridized carbons (Fsp3) is 0.409. The first-order valence-corrected chi connectivity index (χ1v) is 11.7. The predicted molar refractivity (Wildman–Crippen MR) is 120 cm³/mol. The van der Waals surface area contributed by atoms with Gasteiger partial charge in [-0.1, -0.05) is 12.8 Å². The van der Waals surface area contributed by atoms with Gasteiger partial charge in [0.1, 0.15) is 11.5 Å². The van der Waals surface area contributed by atoms with Crippen LogP contribution in [0.5, 0.6) is 11.5 Å². The van der Waals surface area contributed by atoms with Crippen LogP contribution in [0.15, 0.2) is 47.4 Å². The maximum Gasteiger partial charge on any atom is 0.243 e. The van der Waals surface area contributed by atoms with Crippen LogP contribution in [-0.2, 0) is 14.8 Å². The lowest BCUT2D eigenvalue weighted by molar-refractivity contribution is -0.114. The molecule has 0 bridgehead atoms. The lowest BCUT2D eigenvalue weighted by Crippen LogP contribution is -2.31. The third-order valence-corrected chi connectivity index (χ3v) is 7.06. The second kappa shape index (κ2) is 10.5. The number of rotatable bonds is 8. The lowest BCUT2D eigenvalue weighted by atomic mass is 10.2. The number of hydrogen-bond acceptors (Lipinski definition) is 6. The minimum absolute atomic E-state index is 0.0255. The Labute approximate surface area is 183 Å². The van der Waals surface area contributed by atoms with Crippen LogP contribution in [0.1, 0.15) is 25.7 Å². The van der Waals surface area contributed by atoms with Crippen molar-refractivity contribution in [2.45, 2.75) is 30.6 Å². The van der Waals surface area contributed by atoms with Crippen LogP contribution in [0.4, 0.5) is 11.4 Å². The quantitative estimate of drug-likeness (QED) is 0.644. The highest BCUT2D eigenvalue weighted by molar-refractivity contribution is 7.89. The van der Waals surface area contributed by atoms with Crippen LogP contribution in [0.25, 0.3) is 0 Å². The number of methoxy groups -OCH3 is 2. The van der Waals surface area contributed by atoms with E-state index in [-0.39, 0.29) is 17.3 Å². The summed E-state index contributed by atoms with van der Waals surface area (Å²) in [4.78, 5) is 12.6. The topological polar surface area (TPSA) is 97.0 Å². The van der Waals surface area contributed by atoms with Crippen LogP contribution < -0.4 is 20.1 Å². The van der Waals surface area contributed by atoms with Crippen LogP contribution >= 0.6 is 0 Å². The Bertz CT molecular complexity index is 962. The van der Waals surface area contributed by atoms with Crippen molar-refractivity contribution in [1.29, 1.82) is 0 Å². The molecule has 168 valence electrons. The molecule has 2 N–H and O–H groups in total. The highest BCUT2D eigenvalue weighted by atomic mass is 32.2. The van der Waals surface area contributed by atoms with E-state index in [1.165, 1.54) is 0 Å². The SMILES string of the molecule is COc1cc(NC(=O)CNc2ccc(S(=O)(=O)N3CCCCCC3)cc2)cc(OC)c1. The molecule has 1 saturated heterocycles. The molecule has 2 aromatic rings. The molecule has 1 aliphatic rings. The number of nitrogens with one attached hydrogen (secondary N) is 2. The molecule has 0 aromatic heterocycles. The van der Waals surface area contributed by atoms with E-state index in [4.69, 9.17) is 9.47 Å². The Morgan fingerprint density at radius 2 is 1.48 bits per heavy atom. The normalized spacial score (nSPS) is 15.0. The van der Waals surface area contributed by atoms with E-state index in [0.29, 0.717) is 36.0 Å². The summed E-state index contributed by atoms with van der Waals surface area (Å²) >= 11 is 0. The van der Waals surface area contributed by atoms with Gasteiger partial charge < -0.3 is 20.1 Å². The number of ether oxygens (including phenoxy) is 2.